The smallest absolute Gasteiger partial charge is 0.296 e. The number of carbonyl (C=O) groups excluding carboxylic acids is 2. The van der Waals surface area contributed by atoms with Crippen LogP contribution in [-0.2, 0) is 69.3 Å². The van der Waals surface area contributed by atoms with Crippen molar-refractivity contribution < 1.29 is 87.7 Å². The molecule has 0 bridgehead atoms. The van der Waals surface area contributed by atoms with E-state index in [4.69, 9.17) is 5.73 Å². The molecular formula is C32H25Cu2N7O13S3. The number of aromatic hydroxyl groups is 1. The molecule has 0 atom stereocenters. The van der Waals surface area contributed by atoms with Crippen LogP contribution in [0.25, 0.3) is 17.3 Å². The average molecular weight is 939 g/mol. The normalized spacial score (nSPS) is 15.5. The van der Waals surface area contributed by atoms with E-state index in [1.54, 1.807) is 13.0 Å². The number of H-pyrrole nitrogens is 1. The van der Waals surface area contributed by atoms with E-state index in [-0.39, 0.29) is 67.6 Å². The molecule has 0 aliphatic heterocycles. The Morgan fingerprint density at radius 3 is 1.95 bits per heavy atom. The molecule has 0 spiro atoms. The first-order chi connectivity index (χ1) is 25.6. The molecule has 0 unspecified atom stereocenters. The van der Waals surface area contributed by atoms with E-state index in [1.807, 2.05) is 0 Å². The third kappa shape index (κ3) is 8.92. The number of ketones is 2. The number of allylic oxidation sites excluding steroid dienone is 5. The molecule has 2 radical (unpaired) electrons. The number of rotatable bonds is 9. The summed E-state index contributed by atoms with van der Waals surface area (Å²) >= 11 is 0. The van der Waals surface area contributed by atoms with E-state index in [0.29, 0.717) is 22.9 Å². The van der Waals surface area contributed by atoms with Gasteiger partial charge in [0.15, 0.2) is 0 Å². The van der Waals surface area contributed by atoms with Gasteiger partial charge in [-0.05, 0) is 78.8 Å². The molecule has 0 saturated carbocycles. The Kier molecular flexibility index (Phi) is 12.6. The van der Waals surface area contributed by atoms with Crippen molar-refractivity contribution >= 4 is 82.1 Å². The van der Waals surface area contributed by atoms with Crippen LogP contribution in [-0.4, -0.2) is 76.8 Å². The van der Waals surface area contributed by atoms with Gasteiger partial charge < -0.3 is 10.8 Å². The Balaban J connectivity index is 0.00000360. The van der Waals surface area contributed by atoms with Crippen molar-refractivity contribution in [2.75, 3.05) is 16.6 Å². The van der Waals surface area contributed by atoms with Gasteiger partial charge in [0.05, 0.1) is 33.2 Å². The number of carbonyl (C=O) groups is 2. The second-order valence-corrected chi connectivity index (χ2v) is 15.9. The molecule has 4 aromatic rings. The van der Waals surface area contributed by atoms with Crippen LogP contribution in [0.3, 0.4) is 0 Å². The van der Waals surface area contributed by atoms with Gasteiger partial charge in [-0.2, -0.15) is 25.3 Å². The van der Waals surface area contributed by atoms with Gasteiger partial charge in [-0.1, -0.05) is 18.2 Å². The zero-order valence-corrected chi connectivity index (χ0v) is 32.5. The maximum Gasteiger partial charge on any atom is 0.296 e. The number of aromatic nitrogens is 2. The Bertz CT molecular complexity index is 2930. The summed E-state index contributed by atoms with van der Waals surface area (Å²) < 4.78 is 99.6. The number of phenolic OH excluding ortho intramolecular Hbond substituents is 1. The zero-order chi connectivity index (χ0) is 40.2. The molecule has 6 rings (SSSR count). The minimum absolute atomic E-state index is 0. The number of nitrogens with two attached hydrogens (primary N) is 1. The molecule has 306 valence electrons. The number of hydrogen-bond acceptors (Lipinski definition) is 15. The van der Waals surface area contributed by atoms with Crippen molar-refractivity contribution in [1.29, 1.82) is 0 Å². The Hall–Kier alpha value is -5.46. The number of nitrogens with one attached hydrogen (secondary N) is 3. The Labute approximate surface area is 343 Å². The van der Waals surface area contributed by atoms with E-state index in [9.17, 15) is 58.4 Å². The molecule has 9 N–H and O–H groups in total. The van der Waals surface area contributed by atoms with E-state index in [0.717, 1.165) is 35.0 Å². The summed E-state index contributed by atoms with van der Waals surface area (Å²) in [6.07, 6.45) is 5.89. The summed E-state index contributed by atoms with van der Waals surface area (Å²) in [6.45, 7) is 1.59. The molecule has 1 aromatic heterocycles. The number of phenols is 1. The molecular weight excluding hydrogens is 914 g/mol. The number of nitrogen functional groups attached to an aromatic ring is 1. The quantitative estimate of drug-likeness (QED) is 0.0298. The number of aryl methyl sites for hydroxylation is 1. The van der Waals surface area contributed by atoms with Gasteiger partial charge in [0.2, 0.25) is 11.6 Å². The second-order valence-electron chi connectivity index (χ2n) is 11.7. The molecule has 20 nitrogen and oxygen atoms in total. The third-order valence-corrected chi connectivity index (χ3v) is 10.8. The Morgan fingerprint density at radius 2 is 1.37 bits per heavy atom. The summed E-state index contributed by atoms with van der Waals surface area (Å²) in [5, 5.41) is 21.1. The van der Waals surface area contributed by atoms with Crippen LogP contribution >= 0.6 is 0 Å². The predicted molar refractivity (Wildman–Crippen MR) is 197 cm³/mol. The molecule has 2 aliphatic rings. The maximum absolute atomic E-state index is 13.2. The van der Waals surface area contributed by atoms with E-state index in [2.05, 4.69) is 26.2 Å². The molecule has 25 heteroatoms. The number of Topliss-reactive ketones (excluding diaryl/α,β-unsaturated/α-hetero) is 1. The minimum atomic E-state index is -5.15. The van der Waals surface area contributed by atoms with Gasteiger partial charge in [-0.25, -0.2) is 4.68 Å². The van der Waals surface area contributed by atoms with Crippen LogP contribution in [0.15, 0.2) is 103 Å². The topological polar surface area (TPSA) is 330 Å². The summed E-state index contributed by atoms with van der Waals surface area (Å²) in [4.78, 5) is 36.7. The van der Waals surface area contributed by atoms with Gasteiger partial charge >= 0.3 is 0 Å². The fourth-order valence-electron chi connectivity index (χ4n) is 5.42. The molecule has 0 amide bonds. The van der Waals surface area contributed by atoms with Gasteiger partial charge in [-0.3, -0.25) is 44.0 Å². The first kappa shape index (κ1) is 44.3. The van der Waals surface area contributed by atoms with Crippen LogP contribution in [0, 0.1) is 6.92 Å². The minimum Gasteiger partial charge on any atom is -0.506 e. The van der Waals surface area contributed by atoms with Gasteiger partial charge in [0, 0.05) is 39.7 Å². The average Bonchev–Trinajstić information content (AvgIpc) is 3.38. The predicted octanol–water partition coefficient (Wildman–Crippen LogP) is 2.16. The number of hydrogen-bond donors (Lipinski definition) is 8. The first-order valence-corrected chi connectivity index (χ1v) is 19.5. The summed E-state index contributed by atoms with van der Waals surface area (Å²) in [7, 11) is -14.7. The van der Waals surface area contributed by atoms with Crippen molar-refractivity contribution in [2.24, 2.45) is 10.2 Å². The van der Waals surface area contributed by atoms with Crippen molar-refractivity contribution in [3.05, 3.63) is 106 Å². The maximum atomic E-state index is 13.2. The molecule has 1 heterocycles. The van der Waals surface area contributed by atoms with Gasteiger partial charge in [0.1, 0.15) is 32.7 Å². The SMILES string of the molecule is Cc1[nH]n(-c2ccc(S(=O)(=O)O)cc2)c(=O)c1NNc1ccc(C2=CC(=O)C(=NN=C3C=Cc4c(S(=O)(=O)O)cc(S(=O)(=O)O)c(N)c4C3=O)C=C2)cc1O.[Cu].[Cu]. The van der Waals surface area contributed by atoms with Crippen LogP contribution in [0.4, 0.5) is 17.1 Å². The first-order valence-electron chi connectivity index (χ1n) is 15.1. The molecule has 0 saturated heterocycles. The Morgan fingerprint density at radius 1 is 0.754 bits per heavy atom. The van der Waals surface area contributed by atoms with Gasteiger partial charge in [-0.15, -0.1) is 10.2 Å². The molecule has 0 fully saturated rings. The molecule has 57 heavy (non-hydrogen) atoms. The van der Waals surface area contributed by atoms with Crippen molar-refractivity contribution in [3.8, 4) is 11.4 Å². The van der Waals surface area contributed by atoms with Crippen molar-refractivity contribution in [3.63, 3.8) is 0 Å². The van der Waals surface area contributed by atoms with Crippen molar-refractivity contribution in [2.45, 2.75) is 21.6 Å². The number of aromatic amines is 1. The van der Waals surface area contributed by atoms with Crippen molar-refractivity contribution in [1.82, 2.24) is 9.78 Å². The van der Waals surface area contributed by atoms with Crippen LogP contribution in [0.5, 0.6) is 5.75 Å². The summed E-state index contributed by atoms with van der Waals surface area (Å²) in [5.74, 6) is -2.09. The monoisotopic (exact) mass is 937 g/mol. The fourth-order valence-corrected chi connectivity index (χ4v) is 7.34. The third-order valence-electron chi connectivity index (χ3n) is 8.10. The van der Waals surface area contributed by atoms with Crippen LogP contribution in [0.2, 0.25) is 0 Å². The number of benzene rings is 3. The summed E-state index contributed by atoms with van der Waals surface area (Å²) in [6, 6.07) is 9.60. The standard InChI is InChI=1S/C32H25N7O13S3.2Cu/c1-15-30(32(43)39(38-15)18-4-6-19(7-5-18)53(44,45)46)37-35-22-10-3-17(13-25(22)41)16-2-9-21(24(40)12-16)34-36-23-11-8-20-26(54(47,48)49)14-27(55(50,51)52)29(33)28(20)31(23)42;;/h2-14,35,37-38,41H,33H2,1H3,(H,44,45,46)(H,47,48,49)(H,50,51,52);;. The number of hydrazine groups is 1. The second kappa shape index (κ2) is 16.2. The van der Waals surface area contributed by atoms with E-state index in [1.165, 1.54) is 36.4 Å². The van der Waals surface area contributed by atoms with Crippen LogP contribution < -0.4 is 22.1 Å². The van der Waals surface area contributed by atoms with E-state index < -0.39 is 79.8 Å². The van der Waals surface area contributed by atoms with E-state index >= 15 is 0 Å². The van der Waals surface area contributed by atoms with Crippen LogP contribution in [0.1, 0.15) is 27.2 Å². The zero-order valence-electron chi connectivity index (χ0n) is 28.2. The number of nitrogens with zero attached hydrogens (tertiary/aromatic N) is 3. The molecule has 2 aliphatic carbocycles. The number of anilines is 3. The van der Waals surface area contributed by atoms with Gasteiger partial charge in [0.25, 0.3) is 35.9 Å². The number of fused-ring (bicyclic) bond motifs is 1. The summed E-state index contributed by atoms with van der Waals surface area (Å²) in [5.41, 5.74) is 9.52. The largest absolute Gasteiger partial charge is 0.506 e. The fraction of sp³-hybridized carbons (Fsp3) is 0.0312. The molecule has 3 aromatic carbocycles.